The first kappa shape index (κ1) is 13.2. The summed E-state index contributed by atoms with van der Waals surface area (Å²) in [5.41, 5.74) is -0.0310. The third kappa shape index (κ3) is 6.58. The van der Waals surface area contributed by atoms with E-state index in [2.05, 4.69) is 31.2 Å². The van der Waals surface area contributed by atoms with Crippen molar-refractivity contribution in [3.8, 4) is 0 Å². The van der Waals surface area contributed by atoms with Gasteiger partial charge in [0.15, 0.2) is 0 Å². The predicted octanol–water partition coefficient (Wildman–Crippen LogP) is 1.68. The van der Waals surface area contributed by atoms with Crippen LogP contribution in [0.2, 0.25) is 0 Å². The number of ether oxygens (including phenoxy) is 1. The second-order valence-corrected chi connectivity index (χ2v) is 4.83. The van der Waals surface area contributed by atoms with Crippen molar-refractivity contribution >= 4 is 0 Å². The second kappa shape index (κ2) is 6.66. The van der Waals surface area contributed by atoms with Gasteiger partial charge in [0, 0.05) is 25.5 Å². The standard InChI is InChI=1S/C12H23N3O/c1-12(2,3)16-11-8-13-6-4-9-15-10-5-7-14-15/h5,7,10,13H,4,6,8-9,11H2,1-3H3. The fourth-order valence-corrected chi connectivity index (χ4v) is 1.35. The molecule has 0 aliphatic carbocycles. The first-order valence-corrected chi connectivity index (χ1v) is 5.90. The summed E-state index contributed by atoms with van der Waals surface area (Å²) in [5, 5.41) is 7.50. The molecule has 0 atom stereocenters. The van der Waals surface area contributed by atoms with E-state index in [-0.39, 0.29) is 5.60 Å². The van der Waals surface area contributed by atoms with Crippen LogP contribution >= 0.6 is 0 Å². The van der Waals surface area contributed by atoms with Crippen LogP contribution in [0, 0.1) is 0 Å². The molecule has 0 saturated heterocycles. The Morgan fingerprint density at radius 1 is 1.31 bits per heavy atom. The van der Waals surface area contributed by atoms with Gasteiger partial charge in [0.25, 0.3) is 0 Å². The van der Waals surface area contributed by atoms with Crippen LogP contribution in [0.1, 0.15) is 27.2 Å². The normalized spacial score (nSPS) is 11.9. The van der Waals surface area contributed by atoms with E-state index in [0.29, 0.717) is 0 Å². The average molecular weight is 225 g/mol. The molecule has 1 rings (SSSR count). The molecule has 4 heteroatoms. The SMILES string of the molecule is CC(C)(C)OCCNCCCn1cccn1. The van der Waals surface area contributed by atoms with Crippen LogP contribution in [0.5, 0.6) is 0 Å². The molecule has 4 nitrogen and oxygen atoms in total. The van der Waals surface area contributed by atoms with E-state index >= 15 is 0 Å². The van der Waals surface area contributed by atoms with Gasteiger partial charge in [0.05, 0.1) is 12.2 Å². The topological polar surface area (TPSA) is 39.1 Å². The molecule has 0 aliphatic heterocycles. The highest BCUT2D eigenvalue weighted by atomic mass is 16.5. The molecule has 1 aromatic heterocycles. The van der Waals surface area contributed by atoms with E-state index in [9.17, 15) is 0 Å². The van der Waals surface area contributed by atoms with E-state index < -0.39 is 0 Å². The quantitative estimate of drug-likeness (QED) is 0.718. The van der Waals surface area contributed by atoms with Gasteiger partial charge in [-0.15, -0.1) is 0 Å². The van der Waals surface area contributed by atoms with Crippen molar-refractivity contribution in [1.29, 1.82) is 0 Å². The van der Waals surface area contributed by atoms with E-state index in [1.165, 1.54) is 0 Å². The van der Waals surface area contributed by atoms with Crippen LogP contribution in [-0.4, -0.2) is 35.1 Å². The van der Waals surface area contributed by atoms with Crippen LogP contribution in [0.25, 0.3) is 0 Å². The number of aromatic nitrogens is 2. The van der Waals surface area contributed by atoms with Crippen molar-refractivity contribution in [2.75, 3.05) is 19.7 Å². The van der Waals surface area contributed by atoms with Gasteiger partial charge in [-0.05, 0) is 39.8 Å². The Kier molecular flexibility index (Phi) is 5.49. The molecule has 1 heterocycles. The van der Waals surface area contributed by atoms with Gasteiger partial charge in [0.1, 0.15) is 0 Å². The van der Waals surface area contributed by atoms with Gasteiger partial charge >= 0.3 is 0 Å². The first-order valence-electron chi connectivity index (χ1n) is 5.90. The predicted molar refractivity (Wildman–Crippen MR) is 65.4 cm³/mol. The summed E-state index contributed by atoms with van der Waals surface area (Å²) in [4.78, 5) is 0. The minimum absolute atomic E-state index is 0.0310. The van der Waals surface area contributed by atoms with Gasteiger partial charge in [-0.1, -0.05) is 0 Å². The lowest BCUT2D eigenvalue weighted by molar-refractivity contribution is -0.000768. The maximum Gasteiger partial charge on any atom is 0.0599 e. The largest absolute Gasteiger partial charge is 0.375 e. The fourth-order valence-electron chi connectivity index (χ4n) is 1.35. The van der Waals surface area contributed by atoms with Gasteiger partial charge in [0.2, 0.25) is 0 Å². The number of hydrogen-bond donors (Lipinski definition) is 1. The average Bonchev–Trinajstić information content (AvgIpc) is 2.67. The fraction of sp³-hybridized carbons (Fsp3) is 0.750. The Hall–Kier alpha value is -0.870. The Balaban J connectivity index is 1.89. The lowest BCUT2D eigenvalue weighted by Crippen LogP contribution is -2.27. The van der Waals surface area contributed by atoms with Crippen molar-refractivity contribution in [3.63, 3.8) is 0 Å². The molecule has 1 aromatic rings. The van der Waals surface area contributed by atoms with Gasteiger partial charge in [-0.25, -0.2) is 0 Å². The van der Waals surface area contributed by atoms with Gasteiger partial charge in [-0.2, -0.15) is 5.10 Å². The summed E-state index contributed by atoms with van der Waals surface area (Å²) in [7, 11) is 0. The van der Waals surface area contributed by atoms with Gasteiger partial charge < -0.3 is 10.1 Å². The molecule has 0 spiro atoms. The molecule has 16 heavy (non-hydrogen) atoms. The number of nitrogens with zero attached hydrogens (tertiary/aromatic N) is 2. The monoisotopic (exact) mass is 225 g/mol. The van der Waals surface area contributed by atoms with E-state index in [4.69, 9.17) is 4.74 Å². The van der Waals surface area contributed by atoms with E-state index in [1.54, 1.807) is 0 Å². The zero-order valence-electron chi connectivity index (χ0n) is 10.6. The van der Waals surface area contributed by atoms with Crippen molar-refractivity contribution in [1.82, 2.24) is 15.1 Å². The van der Waals surface area contributed by atoms with Crippen molar-refractivity contribution in [2.24, 2.45) is 0 Å². The number of nitrogens with one attached hydrogen (secondary N) is 1. The third-order valence-corrected chi connectivity index (χ3v) is 2.11. The molecule has 0 aromatic carbocycles. The van der Waals surface area contributed by atoms with Gasteiger partial charge in [-0.3, -0.25) is 4.68 Å². The highest BCUT2D eigenvalue weighted by Crippen LogP contribution is 2.04. The highest BCUT2D eigenvalue weighted by molar-refractivity contribution is 4.77. The molecular weight excluding hydrogens is 202 g/mol. The minimum Gasteiger partial charge on any atom is -0.375 e. The van der Waals surface area contributed by atoms with Crippen molar-refractivity contribution in [3.05, 3.63) is 18.5 Å². The number of hydrogen-bond acceptors (Lipinski definition) is 3. The molecule has 1 N–H and O–H groups in total. The maximum absolute atomic E-state index is 5.60. The molecule has 0 saturated carbocycles. The van der Waals surface area contributed by atoms with Crippen LogP contribution in [0.15, 0.2) is 18.5 Å². The third-order valence-electron chi connectivity index (χ3n) is 2.11. The zero-order chi connectivity index (χ0) is 11.9. The smallest absolute Gasteiger partial charge is 0.0599 e. The molecule has 0 aliphatic rings. The van der Waals surface area contributed by atoms with Crippen LogP contribution in [-0.2, 0) is 11.3 Å². The number of rotatable bonds is 7. The highest BCUT2D eigenvalue weighted by Gasteiger charge is 2.08. The zero-order valence-corrected chi connectivity index (χ0v) is 10.6. The van der Waals surface area contributed by atoms with Crippen LogP contribution in [0.4, 0.5) is 0 Å². The Bertz CT molecular complexity index is 264. The lowest BCUT2D eigenvalue weighted by atomic mass is 10.2. The first-order chi connectivity index (χ1) is 7.58. The molecule has 0 amide bonds. The molecule has 92 valence electrons. The minimum atomic E-state index is -0.0310. The molecule has 0 fully saturated rings. The maximum atomic E-state index is 5.60. The molecule has 0 unspecified atom stereocenters. The second-order valence-electron chi connectivity index (χ2n) is 4.83. The van der Waals surface area contributed by atoms with Crippen LogP contribution in [0.3, 0.4) is 0 Å². The Labute approximate surface area is 98.0 Å². The summed E-state index contributed by atoms with van der Waals surface area (Å²) in [6.45, 7) is 9.88. The van der Waals surface area contributed by atoms with Crippen molar-refractivity contribution in [2.45, 2.75) is 39.3 Å². The molecule has 0 bridgehead atoms. The number of aryl methyl sites for hydroxylation is 1. The van der Waals surface area contributed by atoms with E-state index in [1.807, 2.05) is 23.1 Å². The summed E-state index contributed by atoms with van der Waals surface area (Å²) < 4.78 is 7.55. The summed E-state index contributed by atoms with van der Waals surface area (Å²) in [6.07, 6.45) is 4.89. The summed E-state index contributed by atoms with van der Waals surface area (Å²) in [6, 6.07) is 1.95. The van der Waals surface area contributed by atoms with Crippen LogP contribution < -0.4 is 5.32 Å². The Morgan fingerprint density at radius 2 is 2.12 bits per heavy atom. The summed E-state index contributed by atoms with van der Waals surface area (Å²) >= 11 is 0. The van der Waals surface area contributed by atoms with Crippen molar-refractivity contribution < 1.29 is 4.74 Å². The lowest BCUT2D eigenvalue weighted by Gasteiger charge is -2.19. The Morgan fingerprint density at radius 3 is 2.75 bits per heavy atom. The summed E-state index contributed by atoms with van der Waals surface area (Å²) in [5.74, 6) is 0. The van der Waals surface area contributed by atoms with E-state index in [0.717, 1.165) is 32.7 Å². The molecular formula is C12H23N3O. The molecule has 0 radical (unpaired) electrons.